The summed E-state index contributed by atoms with van der Waals surface area (Å²) in [5.74, 6) is 0.0581. The molecule has 25 heavy (non-hydrogen) atoms. The Bertz CT molecular complexity index is 801. The van der Waals surface area contributed by atoms with Gasteiger partial charge in [0.15, 0.2) is 0 Å². The van der Waals surface area contributed by atoms with E-state index in [-0.39, 0.29) is 29.9 Å². The second kappa shape index (κ2) is 7.35. The molecule has 1 amide bonds. The molecule has 0 bridgehead atoms. The minimum absolute atomic E-state index is 0.0318. The van der Waals surface area contributed by atoms with Crippen molar-refractivity contribution >= 4 is 16.8 Å². The van der Waals surface area contributed by atoms with Gasteiger partial charge in [0.05, 0.1) is 17.2 Å². The molecule has 0 aliphatic carbocycles. The van der Waals surface area contributed by atoms with E-state index in [1.165, 1.54) is 10.9 Å². The van der Waals surface area contributed by atoms with Gasteiger partial charge in [0.2, 0.25) is 5.91 Å². The first-order valence-electron chi connectivity index (χ1n) is 8.91. The highest BCUT2D eigenvalue weighted by atomic mass is 16.3. The van der Waals surface area contributed by atoms with Gasteiger partial charge < -0.3 is 10.0 Å². The van der Waals surface area contributed by atoms with Crippen LogP contribution in [0.1, 0.15) is 32.6 Å². The van der Waals surface area contributed by atoms with Crippen LogP contribution in [0.25, 0.3) is 10.9 Å². The Labute approximate surface area is 147 Å². The lowest BCUT2D eigenvalue weighted by molar-refractivity contribution is -0.134. The molecule has 1 aromatic carbocycles. The molecule has 1 aromatic heterocycles. The molecular formula is C19H25N3O3. The second-order valence-electron chi connectivity index (χ2n) is 6.90. The average molecular weight is 343 g/mol. The van der Waals surface area contributed by atoms with Crippen molar-refractivity contribution in [3.8, 4) is 0 Å². The number of para-hydroxylation sites is 1. The first-order valence-corrected chi connectivity index (χ1v) is 8.91. The van der Waals surface area contributed by atoms with E-state index in [9.17, 15) is 14.7 Å². The molecule has 2 heterocycles. The number of hydrogen-bond donors (Lipinski definition) is 1. The summed E-state index contributed by atoms with van der Waals surface area (Å²) >= 11 is 0. The van der Waals surface area contributed by atoms with Gasteiger partial charge in [-0.3, -0.25) is 14.2 Å². The van der Waals surface area contributed by atoms with Crippen molar-refractivity contribution in [2.45, 2.75) is 39.2 Å². The maximum absolute atomic E-state index is 12.5. The number of aliphatic hydroxyl groups is 1. The normalized spacial score (nSPS) is 17.0. The predicted molar refractivity (Wildman–Crippen MR) is 96.2 cm³/mol. The van der Waals surface area contributed by atoms with E-state index in [1.807, 2.05) is 17.0 Å². The maximum Gasteiger partial charge on any atom is 0.261 e. The van der Waals surface area contributed by atoms with E-state index in [0.29, 0.717) is 30.5 Å². The third-order valence-corrected chi connectivity index (χ3v) is 5.56. The summed E-state index contributed by atoms with van der Waals surface area (Å²) in [6.45, 7) is 3.97. The summed E-state index contributed by atoms with van der Waals surface area (Å²) in [6.07, 6.45) is 4.41. The number of aliphatic hydroxyl groups excluding tert-OH is 1. The van der Waals surface area contributed by atoms with Crippen molar-refractivity contribution in [1.29, 1.82) is 0 Å². The molecule has 0 atom stereocenters. The molecule has 1 saturated heterocycles. The fourth-order valence-electron chi connectivity index (χ4n) is 3.49. The Morgan fingerprint density at radius 2 is 2.00 bits per heavy atom. The predicted octanol–water partition coefficient (Wildman–Crippen LogP) is 1.80. The molecular weight excluding hydrogens is 318 g/mol. The molecule has 6 nitrogen and oxygen atoms in total. The Hall–Kier alpha value is -2.21. The van der Waals surface area contributed by atoms with Crippen LogP contribution in [0.4, 0.5) is 0 Å². The number of fused-ring (bicyclic) bond motifs is 1. The number of hydrogen-bond acceptors (Lipinski definition) is 4. The monoisotopic (exact) mass is 343 g/mol. The highest BCUT2D eigenvalue weighted by molar-refractivity contribution is 5.77. The molecule has 1 aliphatic rings. The number of piperidine rings is 1. The lowest BCUT2D eigenvalue weighted by Crippen LogP contribution is -2.44. The molecule has 0 spiro atoms. The van der Waals surface area contributed by atoms with Crippen molar-refractivity contribution in [2.75, 3.05) is 19.7 Å². The number of amides is 1. The lowest BCUT2D eigenvalue weighted by atomic mass is 9.77. The SMILES string of the molecule is CCC1(CO)CCN(C(=O)CCn2cnc3ccccc3c2=O)CC1. The zero-order valence-corrected chi connectivity index (χ0v) is 14.6. The fourth-order valence-corrected chi connectivity index (χ4v) is 3.49. The minimum Gasteiger partial charge on any atom is -0.396 e. The number of aromatic nitrogens is 2. The first-order chi connectivity index (χ1) is 12.1. The van der Waals surface area contributed by atoms with E-state index in [2.05, 4.69) is 11.9 Å². The summed E-state index contributed by atoms with van der Waals surface area (Å²) in [7, 11) is 0. The molecule has 3 rings (SSSR count). The van der Waals surface area contributed by atoms with Crippen LogP contribution in [0.15, 0.2) is 35.4 Å². The minimum atomic E-state index is -0.109. The zero-order valence-electron chi connectivity index (χ0n) is 14.6. The van der Waals surface area contributed by atoms with Gasteiger partial charge in [-0.15, -0.1) is 0 Å². The van der Waals surface area contributed by atoms with Crippen LogP contribution in [0.5, 0.6) is 0 Å². The van der Waals surface area contributed by atoms with Crippen LogP contribution < -0.4 is 5.56 Å². The molecule has 0 radical (unpaired) electrons. The standard InChI is InChI=1S/C19H25N3O3/c1-2-19(13-23)8-11-21(12-9-19)17(24)7-10-22-14-20-16-6-4-3-5-15(16)18(22)25/h3-6,14,23H,2,7-13H2,1H3. The van der Waals surface area contributed by atoms with Gasteiger partial charge in [0, 0.05) is 32.7 Å². The highest BCUT2D eigenvalue weighted by Crippen LogP contribution is 2.34. The topological polar surface area (TPSA) is 75.4 Å². The largest absolute Gasteiger partial charge is 0.396 e. The highest BCUT2D eigenvalue weighted by Gasteiger charge is 2.33. The smallest absolute Gasteiger partial charge is 0.261 e. The Balaban J connectivity index is 1.62. The van der Waals surface area contributed by atoms with Crippen LogP contribution >= 0.6 is 0 Å². The molecule has 0 saturated carbocycles. The summed E-state index contributed by atoms with van der Waals surface area (Å²) in [6, 6.07) is 7.23. The van der Waals surface area contributed by atoms with Crippen LogP contribution in [0, 0.1) is 5.41 Å². The Morgan fingerprint density at radius 3 is 2.68 bits per heavy atom. The number of likely N-dealkylation sites (tertiary alicyclic amines) is 1. The van der Waals surface area contributed by atoms with E-state index in [1.54, 1.807) is 12.1 Å². The molecule has 134 valence electrons. The Morgan fingerprint density at radius 1 is 1.28 bits per heavy atom. The van der Waals surface area contributed by atoms with Crippen LogP contribution in [-0.4, -0.2) is 45.2 Å². The summed E-state index contributed by atoms with van der Waals surface area (Å²) in [5.41, 5.74) is 0.532. The zero-order chi connectivity index (χ0) is 17.9. The van der Waals surface area contributed by atoms with Crippen LogP contribution in [-0.2, 0) is 11.3 Å². The van der Waals surface area contributed by atoms with E-state index < -0.39 is 0 Å². The molecule has 1 aliphatic heterocycles. The van der Waals surface area contributed by atoms with Crippen molar-refractivity contribution in [3.63, 3.8) is 0 Å². The van der Waals surface area contributed by atoms with E-state index in [4.69, 9.17) is 0 Å². The van der Waals surface area contributed by atoms with Gasteiger partial charge in [0.1, 0.15) is 0 Å². The lowest BCUT2D eigenvalue weighted by Gasteiger charge is -2.40. The van der Waals surface area contributed by atoms with Crippen molar-refractivity contribution in [3.05, 3.63) is 40.9 Å². The van der Waals surface area contributed by atoms with Crippen LogP contribution in [0.3, 0.4) is 0 Å². The molecule has 0 unspecified atom stereocenters. The molecule has 6 heteroatoms. The molecule has 1 N–H and O–H groups in total. The number of aryl methyl sites for hydroxylation is 1. The van der Waals surface area contributed by atoms with Gasteiger partial charge in [-0.25, -0.2) is 4.98 Å². The number of carbonyl (C=O) groups is 1. The van der Waals surface area contributed by atoms with Gasteiger partial charge in [-0.05, 0) is 36.8 Å². The number of benzene rings is 1. The maximum atomic E-state index is 12.5. The summed E-state index contributed by atoms with van der Waals surface area (Å²) in [5, 5.41) is 10.2. The Kier molecular flexibility index (Phi) is 5.18. The van der Waals surface area contributed by atoms with E-state index >= 15 is 0 Å². The van der Waals surface area contributed by atoms with Gasteiger partial charge in [0.25, 0.3) is 5.56 Å². The van der Waals surface area contributed by atoms with Gasteiger partial charge in [-0.2, -0.15) is 0 Å². The summed E-state index contributed by atoms with van der Waals surface area (Å²) < 4.78 is 1.51. The van der Waals surface area contributed by atoms with Crippen molar-refractivity contribution in [2.24, 2.45) is 5.41 Å². The van der Waals surface area contributed by atoms with Crippen LogP contribution in [0.2, 0.25) is 0 Å². The molecule has 2 aromatic rings. The third-order valence-electron chi connectivity index (χ3n) is 5.56. The number of carbonyl (C=O) groups excluding carboxylic acids is 1. The number of nitrogens with zero attached hydrogens (tertiary/aromatic N) is 3. The quantitative estimate of drug-likeness (QED) is 0.898. The van der Waals surface area contributed by atoms with Gasteiger partial charge >= 0.3 is 0 Å². The first kappa shape index (κ1) is 17.6. The molecule has 1 fully saturated rings. The third kappa shape index (κ3) is 3.58. The average Bonchev–Trinajstić information content (AvgIpc) is 2.67. The number of rotatable bonds is 5. The van der Waals surface area contributed by atoms with Crippen molar-refractivity contribution < 1.29 is 9.90 Å². The van der Waals surface area contributed by atoms with E-state index in [0.717, 1.165) is 19.3 Å². The fraction of sp³-hybridized carbons (Fsp3) is 0.526. The van der Waals surface area contributed by atoms with Crippen molar-refractivity contribution in [1.82, 2.24) is 14.5 Å². The van der Waals surface area contributed by atoms with Gasteiger partial charge in [-0.1, -0.05) is 19.1 Å². The second-order valence-corrected chi connectivity index (χ2v) is 6.90. The summed E-state index contributed by atoms with van der Waals surface area (Å²) in [4.78, 5) is 31.0.